The number of nitrogen functional groups attached to an aromatic ring is 1. The molecule has 3 aromatic heterocycles. The number of nitrogens with zero attached hydrogens (tertiary/aromatic N) is 7. The van der Waals surface area contributed by atoms with Gasteiger partial charge >= 0.3 is 17.6 Å². The number of rotatable bonds is 14. The molecule has 0 aliphatic carbocycles. The first-order valence-corrected chi connectivity index (χ1v) is 19.6. The summed E-state index contributed by atoms with van der Waals surface area (Å²) in [5.41, 5.74) is 10.9. The number of aliphatic carboxylic acids is 2. The maximum absolute atomic E-state index is 15.4. The normalized spacial score (nSPS) is 20.1. The number of amidine groups is 1. The van der Waals surface area contributed by atoms with E-state index in [0.29, 0.717) is 17.8 Å². The van der Waals surface area contributed by atoms with Crippen LogP contribution in [0.15, 0.2) is 63.8 Å². The number of oxime groups is 2. The molecule has 57 heavy (non-hydrogen) atoms. The number of hydrogen-bond acceptors (Lipinski definition) is 13. The monoisotopic (exact) mass is 844 g/mol. The third-order valence-corrected chi connectivity index (χ3v) is 11.8. The summed E-state index contributed by atoms with van der Waals surface area (Å²) < 4.78 is 20.7. The highest BCUT2D eigenvalue weighted by atomic mass is 35.5. The van der Waals surface area contributed by atoms with Gasteiger partial charge in [-0.15, -0.1) is 27.6 Å². The molecule has 0 bridgehead atoms. The van der Waals surface area contributed by atoms with E-state index < -0.39 is 52.3 Å². The molecule has 1 unspecified atom stereocenters. The Morgan fingerprint density at radius 2 is 2.04 bits per heavy atom. The Morgan fingerprint density at radius 1 is 1.25 bits per heavy atom. The second-order valence-corrected chi connectivity index (χ2v) is 16.1. The van der Waals surface area contributed by atoms with Crippen LogP contribution in [0.3, 0.4) is 0 Å². The summed E-state index contributed by atoms with van der Waals surface area (Å²) in [5.74, 6) is -4.64. The zero-order valence-electron chi connectivity index (χ0n) is 30.2. The lowest BCUT2D eigenvalue weighted by Crippen LogP contribution is -2.71. The number of amides is 2. The molecule has 3 aliphatic rings. The molecular weight excluding hydrogens is 809 g/mol. The maximum atomic E-state index is 15.4. The molecule has 23 heteroatoms. The SMILES string of the molecule is CC(C)(O/N=C(\C(=O)N[C@@H]1C(=O)N2C(C(=O)O)=C(Cn3ccc4n3cc[n+]4Cc3c(F)cc(/C(N)=N/OC4CCNC4)cc3Cl)CS[C@H]12)c1csc(N)n1)C(=O)O. The van der Waals surface area contributed by atoms with Gasteiger partial charge in [0.25, 0.3) is 11.8 Å². The molecule has 7 rings (SSSR count). The molecule has 2 saturated heterocycles. The lowest BCUT2D eigenvalue weighted by molar-refractivity contribution is -0.662. The Kier molecular flexibility index (Phi) is 10.9. The molecule has 3 aliphatic heterocycles. The van der Waals surface area contributed by atoms with Crippen molar-refractivity contribution in [1.82, 2.24) is 29.7 Å². The Morgan fingerprint density at radius 3 is 2.70 bits per heavy atom. The summed E-state index contributed by atoms with van der Waals surface area (Å²) in [4.78, 5) is 66.9. The minimum absolute atomic E-state index is 0.00170. The molecule has 0 radical (unpaired) electrons. The number of carbonyl (C=O) groups excluding carboxylic acids is 2. The van der Waals surface area contributed by atoms with E-state index in [2.05, 4.69) is 25.9 Å². The van der Waals surface area contributed by atoms with Crippen LogP contribution in [0.4, 0.5) is 9.52 Å². The number of imidazole rings is 1. The van der Waals surface area contributed by atoms with E-state index in [9.17, 15) is 29.4 Å². The van der Waals surface area contributed by atoms with E-state index in [1.807, 2.05) is 0 Å². The van der Waals surface area contributed by atoms with Gasteiger partial charge in [0, 0.05) is 35.2 Å². The van der Waals surface area contributed by atoms with Crippen molar-refractivity contribution in [2.45, 2.75) is 56.5 Å². The second-order valence-electron chi connectivity index (χ2n) is 13.7. The van der Waals surface area contributed by atoms with E-state index in [1.54, 1.807) is 38.4 Å². The van der Waals surface area contributed by atoms with Crippen molar-refractivity contribution in [2.24, 2.45) is 16.0 Å². The molecule has 3 atom stereocenters. The minimum Gasteiger partial charge on any atom is -0.478 e. The molecule has 6 heterocycles. The Balaban J connectivity index is 1.06. The maximum Gasteiger partial charge on any atom is 0.352 e. The van der Waals surface area contributed by atoms with Crippen LogP contribution in [-0.2, 0) is 41.9 Å². The number of carbonyl (C=O) groups is 4. The van der Waals surface area contributed by atoms with E-state index in [1.165, 1.54) is 43.1 Å². The number of β-lactam (4-membered cyclic amide) rings is 1. The Hall–Kier alpha value is -5.71. The quantitative estimate of drug-likeness (QED) is 0.0340. The van der Waals surface area contributed by atoms with E-state index in [0.717, 1.165) is 29.2 Å². The fraction of sp³-hybridized carbons (Fsp3) is 0.353. The Bertz CT molecular complexity index is 2360. The smallest absolute Gasteiger partial charge is 0.352 e. The van der Waals surface area contributed by atoms with Crippen molar-refractivity contribution in [3.8, 4) is 0 Å². The molecule has 300 valence electrons. The molecular formula is C34H36ClFN11O8S2+. The average Bonchev–Trinajstić information content (AvgIpc) is 3.99. The van der Waals surface area contributed by atoms with E-state index >= 15 is 4.39 Å². The number of anilines is 1. The van der Waals surface area contributed by atoms with Crippen LogP contribution in [0.1, 0.15) is 37.1 Å². The molecule has 0 spiro atoms. The highest BCUT2D eigenvalue weighted by molar-refractivity contribution is 8.00. The summed E-state index contributed by atoms with van der Waals surface area (Å²) in [5, 5.41) is 34.0. The first-order chi connectivity index (χ1) is 27.1. The molecule has 4 aromatic rings. The van der Waals surface area contributed by atoms with E-state index in [-0.39, 0.29) is 63.5 Å². The van der Waals surface area contributed by atoms with Crippen LogP contribution in [0.25, 0.3) is 5.65 Å². The van der Waals surface area contributed by atoms with Crippen molar-refractivity contribution in [2.75, 3.05) is 24.6 Å². The van der Waals surface area contributed by atoms with Crippen LogP contribution in [0.2, 0.25) is 5.02 Å². The lowest BCUT2D eigenvalue weighted by atomic mass is 10.0. The number of halogens is 2. The molecule has 0 saturated carbocycles. The minimum atomic E-state index is -1.80. The van der Waals surface area contributed by atoms with Crippen LogP contribution in [0, 0.1) is 5.82 Å². The summed E-state index contributed by atoms with van der Waals surface area (Å²) in [6, 6.07) is 3.41. The summed E-state index contributed by atoms with van der Waals surface area (Å²) in [6.45, 7) is 4.08. The third-order valence-electron chi connectivity index (χ3n) is 9.42. The fourth-order valence-electron chi connectivity index (χ4n) is 6.29. The van der Waals surface area contributed by atoms with Gasteiger partial charge < -0.3 is 42.0 Å². The van der Waals surface area contributed by atoms with Crippen LogP contribution >= 0.6 is 34.7 Å². The number of thioether (sulfide) groups is 1. The predicted molar refractivity (Wildman–Crippen MR) is 205 cm³/mol. The highest BCUT2D eigenvalue weighted by Gasteiger charge is 2.54. The molecule has 2 amide bonds. The van der Waals surface area contributed by atoms with Crippen molar-refractivity contribution < 1.29 is 48.0 Å². The number of thiazole rings is 1. The molecule has 1 aromatic carbocycles. The number of aromatic nitrogens is 4. The van der Waals surface area contributed by atoms with Crippen molar-refractivity contribution >= 4 is 80.8 Å². The highest BCUT2D eigenvalue weighted by Crippen LogP contribution is 2.41. The predicted octanol–water partition coefficient (Wildman–Crippen LogP) is 0.929. The average molecular weight is 845 g/mol. The van der Waals surface area contributed by atoms with Gasteiger partial charge in [0.15, 0.2) is 22.9 Å². The number of carboxylic acid groups (broad SMARTS) is 2. The topological polar surface area (TPSA) is 257 Å². The number of nitrogens with one attached hydrogen (secondary N) is 2. The summed E-state index contributed by atoms with van der Waals surface area (Å²) in [7, 11) is 0. The van der Waals surface area contributed by atoms with Gasteiger partial charge in [-0.1, -0.05) is 21.9 Å². The summed E-state index contributed by atoms with van der Waals surface area (Å²) >= 11 is 8.80. The van der Waals surface area contributed by atoms with Gasteiger partial charge in [-0.2, -0.15) is 0 Å². The van der Waals surface area contributed by atoms with Gasteiger partial charge in [0.1, 0.15) is 47.5 Å². The fourth-order valence-corrected chi connectivity index (χ4v) is 8.44. The molecule has 2 fully saturated rings. The van der Waals surface area contributed by atoms with Crippen molar-refractivity contribution in [1.29, 1.82) is 0 Å². The Labute approximate surface area is 335 Å². The number of fused-ring (bicyclic) bond motifs is 2. The zero-order valence-corrected chi connectivity index (χ0v) is 32.6. The zero-order chi connectivity index (χ0) is 40.8. The third kappa shape index (κ3) is 7.84. The second kappa shape index (κ2) is 15.7. The van der Waals surface area contributed by atoms with Gasteiger partial charge in [-0.3, -0.25) is 14.5 Å². The number of nitrogens with two attached hydrogens (primary N) is 2. The van der Waals surface area contributed by atoms with Gasteiger partial charge in [-0.05, 0) is 38.1 Å². The van der Waals surface area contributed by atoms with Crippen molar-refractivity contribution in [3.63, 3.8) is 0 Å². The lowest BCUT2D eigenvalue weighted by Gasteiger charge is -2.49. The van der Waals surface area contributed by atoms with Gasteiger partial charge in [-0.25, -0.2) is 28.2 Å². The number of carboxylic acids is 2. The standard InChI is InChI=1S/C34H35ClFN11O8S2/c1-34(2,32(52)53)55-42-24(22-15-57-33(38)40-22)28(48)41-25-29(49)47-26(31(50)51)17(14-56-30(25)47)12-45-6-4-23-44(7-8-46(23)45)13-19-20(35)9-16(10-21(19)36)27(37)43-54-18-3-5-39-11-18/h4,6-10,15,18,25,30,39H,3,5,11-14H2,1-2H3,(H6-,37,38,40,41,43,48,50,51,52,53)/p+1/b42-24-/t18?,25-,30-/m1/s1. The van der Waals surface area contributed by atoms with Gasteiger partial charge in [0.05, 0.1) is 23.8 Å². The van der Waals surface area contributed by atoms with Crippen LogP contribution in [-0.4, -0.2) is 107 Å². The molecule has 19 nitrogen and oxygen atoms in total. The largest absolute Gasteiger partial charge is 0.478 e. The number of hydrogen-bond donors (Lipinski definition) is 6. The first-order valence-electron chi connectivity index (χ1n) is 17.3. The summed E-state index contributed by atoms with van der Waals surface area (Å²) in [6.07, 6.45) is 5.85. The van der Waals surface area contributed by atoms with Gasteiger partial charge in [0.2, 0.25) is 5.60 Å². The molecule has 8 N–H and O–H groups in total. The first kappa shape index (κ1) is 39.5. The van der Waals surface area contributed by atoms with Crippen LogP contribution in [0.5, 0.6) is 0 Å². The van der Waals surface area contributed by atoms with E-state index in [4.69, 9.17) is 32.7 Å². The van der Waals surface area contributed by atoms with Crippen molar-refractivity contribution in [3.05, 3.63) is 81.1 Å². The van der Waals surface area contributed by atoms with Crippen LogP contribution < -0.4 is 26.7 Å². The number of benzene rings is 1.